The average molecular weight is 309 g/mol. The predicted octanol–water partition coefficient (Wildman–Crippen LogP) is 4.95. The fourth-order valence-corrected chi connectivity index (χ4v) is 2.17. The van der Waals surface area contributed by atoms with Crippen molar-refractivity contribution in [2.75, 3.05) is 0 Å². The van der Waals surface area contributed by atoms with Gasteiger partial charge in [0.2, 0.25) is 5.78 Å². The van der Waals surface area contributed by atoms with Gasteiger partial charge in [0.15, 0.2) is 6.10 Å². The number of rotatable bonds is 4. The van der Waals surface area contributed by atoms with E-state index < -0.39 is 6.10 Å². The molecule has 0 spiro atoms. The first-order valence-corrected chi connectivity index (χ1v) is 6.95. The summed E-state index contributed by atoms with van der Waals surface area (Å²) in [6.07, 6.45) is -0.606. The van der Waals surface area contributed by atoms with E-state index in [1.54, 1.807) is 43.3 Å². The summed E-state index contributed by atoms with van der Waals surface area (Å²) in [5.74, 6) is 0.493. The van der Waals surface area contributed by atoms with Crippen molar-refractivity contribution in [2.24, 2.45) is 0 Å². The molecule has 0 aliphatic rings. The Bertz CT molecular complexity index is 638. The van der Waals surface area contributed by atoms with Crippen LogP contribution in [0.15, 0.2) is 42.5 Å². The van der Waals surface area contributed by atoms with Crippen LogP contribution in [0.25, 0.3) is 0 Å². The lowest BCUT2D eigenvalue weighted by Gasteiger charge is -2.16. The number of halogens is 2. The van der Waals surface area contributed by atoms with E-state index >= 15 is 0 Å². The molecule has 0 aromatic heterocycles. The van der Waals surface area contributed by atoms with Crippen LogP contribution < -0.4 is 4.74 Å². The summed E-state index contributed by atoms with van der Waals surface area (Å²) in [4.78, 5) is 12.3. The molecule has 20 heavy (non-hydrogen) atoms. The second-order valence-electron chi connectivity index (χ2n) is 4.54. The number of benzene rings is 2. The number of aryl methyl sites for hydroxylation is 1. The Hall–Kier alpha value is -1.51. The summed E-state index contributed by atoms with van der Waals surface area (Å²) in [5, 5.41) is 1.11. The standard InChI is InChI=1S/C16H14Cl2O2/c1-10-6-7-14(18)9-15(10)20-11(2)16(19)12-4-3-5-13(17)8-12/h3-9,11H,1-2H3. The van der Waals surface area contributed by atoms with E-state index in [4.69, 9.17) is 27.9 Å². The number of ether oxygens (including phenoxy) is 1. The summed E-state index contributed by atoms with van der Waals surface area (Å²) in [5.41, 5.74) is 1.46. The number of carbonyl (C=O) groups is 1. The van der Waals surface area contributed by atoms with Gasteiger partial charge in [-0.05, 0) is 43.7 Å². The number of ketones is 1. The van der Waals surface area contributed by atoms with E-state index in [9.17, 15) is 4.79 Å². The van der Waals surface area contributed by atoms with Gasteiger partial charge >= 0.3 is 0 Å². The van der Waals surface area contributed by atoms with Gasteiger partial charge in [-0.2, -0.15) is 0 Å². The van der Waals surface area contributed by atoms with Crippen molar-refractivity contribution >= 4 is 29.0 Å². The number of hydrogen-bond donors (Lipinski definition) is 0. The molecule has 1 atom stereocenters. The smallest absolute Gasteiger partial charge is 0.203 e. The zero-order valence-electron chi connectivity index (χ0n) is 11.2. The Balaban J connectivity index is 2.17. The molecule has 0 N–H and O–H groups in total. The van der Waals surface area contributed by atoms with E-state index in [0.717, 1.165) is 5.56 Å². The molecule has 0 amide bonds. The van der Waals surface area contributed by atoms with Crippen LogP contribution in [-0.2, 0) is 0 Å². The van der Waals surface area contributed by atoms with Gasteiger partial charge in [0.1, 0.15) is 5.75 Å². The van der Waals surface area contributed by atoms with Crippen molar-refractivity contribution < 1.29 is 9.53 Å². The molecule has 0 fully saturated rings. The van der Waals surface area contributed by atoms with Crippen molar-refractivity contribution in [3.63, 3.8) is 0 Å². The largest absolute Gasteiger partial charge is 0.482 e. The third-order valence-corrected chi connectivity index (χ3v) is 3.40. The number of carbonyl (C=O) groups excluding carboxylic acids is 1. The summed E-state index contributed by atoms with van der Waals surface area (Å²) >= 11 is 11.8. The van der Waals surface area contributed by atoms with Gasteiger partial charge in [-0.15, -0.1) is 0 Å². The van der Waals surface area contributed by atoms with Crippen LogP contribution in [0.3, 0.4) is 0 Å². The monoisotopic (exact) mass is 308 g/mol. The third-order valence-electron chi connectivity index (χ3n) is 2.93. The minimum atomic E-state index is -0.606. The van der Waals surface area contributed by atoms with Gasteiger partial charge in [0.05, 0.1) is 0 Å². The van der Waals surface area contributed by atoms with Gasteiger partial charge in [-0.1, -0.05) is 41.4 Å². The third kappa shape index (κ3) is 3.53. The Morgan fingerprint density at radius 2 is 1.80 bits per heavy atom. The van der Waals surface area contributed by atoms with E-state index in [-0.39, 0.29) is 5.78 Å². The van der Waals surface area contributed by atoms with Crippen LogP contribution in [0.2, 0.25) is 10.0 Å². The maximum Gasteiger partial charge on any atom is 0.203 e. The first kappa shape index (κ1) is 14.9. The van der Waals surface area contributed by atoms with Crippen LogP contribution in [0, 0.1) is 6.92 Å². The molecule has 4 heteroatoms. The maximum absolute atomic E-state index is 12.3. The SMILES string of the molecule is Cc1ccc(Cl)cc1OC(C)C(=O)c1cccc(Cl)c1. The zero-order chi connectivity index (χ0) is 14.7. The van der Waals surface area contributed by atoms with Crippen molar-refractivity contribution in [2.45, 2.75) is 20.0 Å². The molecule has 0 aliphatic heterocycles. The Kier molecular flexibility index (Phi) is 4.69. The summed E-state index contributed by atoms with van der Waals surface area (Å²) < 4.78 is 5.70. The molecule has 1 unspecified atom stereocenters. The van der Waals surface area contributed by atoms with E-state index in [0.29, 0.717) is 21.4 Å². The quantitative estimate of drug-likeness (QED) is 0.747. The highest BCUT2D eigenvalue weighted by Crippen LogP contribution is 2.24. The molecule has 2 aromatic carbocycles. The fourth-order valence-electron chi connectivity index (χ4n) is 1.82. The van der Waals surface area contributed by atoms with Crippen LogP contribution in [-0.4, -0.2) is 11.9 Å². The van der Waals surface area contributed by atoms with Gasteiger partial charge in [0, 0.05) is 15.6 Å². The minimum absolute atomic E-state index is 0.119. The van der Waals surface area contributed by atoms with Gasteiger partial charge in [0.25, 0.3) is 0 Å². The first-order valence-electron chi connectivity index (χ1n) is 6.20. The van der Waals surface area contributed by atoms with Crippen LogP contribution in [0.4, 0.5) is 0 Å². The van der Waals surface area contributed by atoms with Crippen molar-refractivity contribution in [3.8, 4) is 5.75 Å². The van der Waals surface area contributed by atoms with Gasteiger partial charge in [-0.25, -0.2) is 0 Å². The molecule has 2 aromatic rings. The molecule has 0 saturated heterocycles. The molecule has 2 nitrogen and oxygen atoms in total. The Labute approximate surface area is 128 Å². The molecular formula is C16H14Cl2O2. The molecule has 0 heterocycles. The van der Waals surface area contributed by atoms with Crippen LogP contribution >= 0.6 is 23.2 Å². The second kappa shape index (κ2) is 6.29. The Morgan fingerprint density at radius 3 is 2.50 bits per heavy atom. The van der Waals surface area contributed by atoms with E-state index in [2.05, 4.69) is 0 Å². The van der Waals surface area contributed by atoms with E-state index in [1.165, 1.54) is 0 Å². The molecular weight excluding hydrogens is 295 g/mol. The highest BCUT2D eigenvalue weighted by molar-refractivity contribution is 6.31. The maximum atomic E-state index is 12.3. The Morgan fingerprint density at radius 1 is 1.10 bits per heavy atom. The molecule has 0 aliphatic carbocycles. The van der Waals surface area contributed by atoms with Crippen molar-refractivity contribution in [1.82, 2.24) is 0 Å². The lowest BCUT2D eigenvalue weighted by molar-refractivity contribution is 0.0817. The fraction of sp³-hybridized carbons (Fsp3) is 0.188. The highest BCUT2D eigenvalue weighted by atomic mass is 35.5. The zero-order valence-corrected chi connectivity index (χ0v) is 12.7. The van der Waals surface area contributed by atoms with Crippen molar-refractivity contribution in [3.05, 3.63) is 63.6 Å². The van der Waals surface area contributed by atoms with Crippen LogP contribution in [0.5, 0.6) is 5.75 Å². The second-order valence-corrected chi connectivity index (χ2v) is 5.42. The molecule has 2 rings (SSSR count). The van der Waals surface area contributed by atoms with E-state index in [1.807, 2.05) is 13.0 Å². The lowest BCUT2D eigenvalue weighted by Crippen LogP contribution is -2.24. The lowest BCUT2D eigenvalue weighted by atomic mass is 10.1. The molecule has 0 bridgehead atoms. The molecule has 0 radical (unpaired) electrons. The normalized spacial score (nSPS) is 12.0. The predicted molar refractivity (Wildman–Crippen MR) is 82.1 cm³/mol. The minimum Gasteiger partial charge on any atom is -0.482 e. The molecule has 104 valence electrons. The number of Topliss-reactive ketones (excluding diaryl/α,β-unsaturated/α-hetero) is 1. The summed E-state index contributed by atoms with van der Waals surface area (Å²) in [6.45, 7) is 3.62. The highest BCUT2D eigenvalue weighted by Gasteiger charge is 2.18. The summed E-state index contributed by atoms with van der Waals surface area (Å²) in [7, 11) is 0. The van der Waals surface area contributed by atoms with Gasteiger partial charge < -0.3 is 4.74 Å². The molecule has 0 saturated carbocycles. The van der Waals surface area contributed by atoms with Crippen LogP contribution in [0.1, 0.15) is 22.8 Å². The van der Waals surface area contributed by atoms with Gasteiger partial charge in [-0.3, -0.25) is 4.79 Å². The first-order chi connectivity index (χ1) is 9.47. The van der Waals surface area contributed by atoms with Crippen molar-refractivity contribution in [1.29, 1.82) is 0 Å². The summed E-state index contributed by atoms with van der Waals surface area (Å²) in [6, 6.07) is 12.2. The topological polar surface area (TPSA) is 26.3 Å². The number of hydrogen-bond acceptors (Lipinski definition) is 2. The average Bonchev–Trinajstić information content (AvgIpc) is 2.42.